The minimum Gasteiger partial charge on any atom is -0.472 e. The zero-order chi connectivity index (χ0) is 10.4. The lowest BCUT2D eigenvalue weighted by atomic mass is 10.1. The highest BCUT2D eigenvalue weighted by Gasteiger charge is 2.06. The second kappa shape index (κ2) is 5.83. The number of hydrogen-bond donors (Lipinski definition) is 1. The fraction of sp³-hybridized carbons (Fsp3) is 0.636. The van der Waals surface area contributed by atoms with Crippen molar-refractivity contribution < 1.29 is 4.42 Å². The molecule has 0 aliphatic carbocycles. The molecule has 0 amide bonds. The SMILES string of the molecule is CCCC(N)CN(C)Cc1ccoc1. The monoisotopic (exact) mass is 196 g/mol. The van der Waals surface area contributed by atoms with Crippen molar-refractivity contribution in [1.82, 2.24) is 4.90 Å². The maximum atomic E-state index is 5.95. The summed E-state index contributed by atoms with van der Waals surface area (Å²) in [6.45, 7) is 4.02. The molecule has 0 bridgehead atoms. The number of nitrogens with two attached hydrogens (primary N) is 1. The van der Waals surface area contributed by atoms with E-state index in [-0.39, 0.29) is 6.04 Å². The third-order valence-electron chi connectivity index (χ3n) is 2.24. The number of hydrogen-bond acceptors (Lipinski definition) is 3. The van der Waals surface area contributed by atoms with Crippen molar-refractivity contribution in [3.05, 3.63) is 24.2 Å². The van der Waals surface area contributed by atoms with Gasteiger partial charge in [-0.05, 0) is 19.5 Å². The van der Waals surface area contributed by atoms with Crippen molar-refractivity contribution in [2.75, 3.05) is 13.6 Å². The average Bonchev–Trinajstić information content (AvgIpc) is 2.56. The van der Waals surface area contributed by atoms with Crippen LogP contribution in [0.4, 0.5) is 0 Å². The van der Waals surface area contributed by atoms with E-state index in [1.807, 2.05) is 6.07 Å². The smallest absolute Gasteiger partial charge is 0.0947 e. The quantitative estimate of drug-likeness (QED) is 0.755. The Morgan fingerprint density at radius 2 is 2.36 bits per heavy atom. The second-order valence-corrected chi connectivity index (χ2v) is 3.88. The first-order valence-corrected chi connectivity index (χ1v) is 5.17. The van der Waals surface area contributed by atoms with Crippen molar-refractivity contribution in [2.24, 2.45) is 5.73 Å². The van der Waals surface area contributed by atoms with Gasteiger partial charge >= 0.3 is 0 Å². The van der Waals surface area contributed by atoms with E-state index in [4.69, 9.17) is 10.2 Å². The Balaban J connectivity index is 2.25. The molecule has 0 fully saturated rings. The highest BCUT2D eigenvalue weighted by atomic mass is 16.3. The van der Waals surface area contributed by atoms with Gasteiger partial charge in [0.1, 0.15) is 0 Å². The van der Waals surface area contributed by atoms with Gasteiger partial charge in [-0.15, -0.1) is 0 Å². The first-order chi connectivity index (χ1) is 6.72. The summed E-state index contributed by atoms with van der Waals surface area (Å²) in [5.74, 6) is 0. The van der Waals surface area contributed by atoms with Gasteiger partial charge in [-0.3, -0.25) is 0 Å². The van der Waals surface area contributed by atoms with Crippen molar-refractivity contribution >= 4 is 0 Å². The Morgan fingerprint density at radius 3 is 2.93 bits per heavy atom. The van der Waals surface area contributed by atoms with Crippen molar-refractivity contribution in [1.29, 1.82) is 0 Å². The molecule has 1 aromatic rings. The molecule has 0 spiro atoms. The largest absolute Gasteiger partial charge is 0.472 e. The van der Waals surface area contributed by atoms with E-state index in [0.717, 1.165) is 25.9 Å². The molecule has 0 saturated carbocycles. The second-order valence-electron chi connectivity index (χ2n) is 3.88. The van der Waals surface area contributed by atoms with E-state index in [1.54, 1.807) is 12.5 Å². The lowest BCUT2D eigenvalue weighted by molar-refractivity contribution is 0.296. The molecule has 0 aliphatic rings. The van der Waals surface area contributed by atoms with Gasteiger partial charge in [0.2, 0.25) is 0 Å². The van der Waals surface area contributed by atoms with Crippen LogP contribution in [0.5, 0.6) is 0 Å². The molecule has 14 heavy (non-hydrogen) atoms. The number of likely N-dealkylation sites (N-methyl/N-ethyl adjacent to an activating group) is 1. The highest BCUT2D eigenvalue weighted by molar-refractivity contribution is 5.04. The Kier molecular flexibility index (Phi) is 4.70. The topological polar surface area (TPSA) is 42.4 Å². The molecule has 1 heterocycles. The van der Waals surface area contributed by atoms with Crippen LogP contribution in [0, 0.1) is 0 Å². The van der Waals surface area contributed by atoms with Crippen LogP contribution >= 0.6 is 0 Å². The average molecular weight is 196 g/mol. The number of furan rings is 1. The summed E-state index contributed by atoms with van der Waals surface area (Å²) >= 11 is 0. The highest BCUT2D eigenvalue weighted by Crippen LogP contribution is 2.04. The van der Waals surface area contributed by atoms with Crippen molar-refractivity contribution in [3.63, 3.8) is 0 Å². The Morgan fingerprint density at radius 1 is 1.57 bits per heavy atom. The van der Waals surface area contributed by atoms with Crippen LogP contribution in [0.1, 0.15) is 25.3 Å². The van der Waals surface area contributed by atoms with Gasteiger partial charge in [-0.2, -0.15) is 0 Å². The lowest BCUT2D eigenvalue weighted by Crippen LogP contribution is -2.34. The molecule has 0 saturated heterocycles. The molecule has 80 valence electrons. The van der Waals surface area contributed by atoms with Gasteiger partial charge in [0.15, 0.2) is 0 Å². The summed E-state index contributed by atoms with van der Waals surface area (Å²) in [4.78, 5) is 2.23. The predicted octanol–water partition coefficient (Wildman–Crippen LogP) is 1.84. The van der Waals surface area contributed by atoms with Gasteiger partial charge in [0.05, 0.1) is 12.5 Å². The number of rotatable bonds is 6. The van der Waals surface area contributed by atoms with E-state index in [9.17, 15) is 0 Å². The first kappa shape index (κ1) is 11.3. The van der Waals surface area contributed by atoms with Crippen LogP contribution in [-0.4, -0.2) is 24.5 Å². The van der Waals surface area contributed by atoms with Crippen LogP contribution in [0.2, 0.25) is 0 Å². The third-order valence-corrected chi connectivity index (χ3v) is 2.24. The van der Waals surface area contributed by atoms with Crippen LogP contribution in [0.3, 0.4) is 0 Å². The van der Waals surface area contributed by atoms with Crippen LogP contribution in [0.25, 0.3) is 0 Å². The maximum Gasteiger partial charge on any atom is 0.0947 e. The van der Waals surface area contributed by atoms with Crippen LogP contribution in [-0.2, 0) is 6.54 Å². The Bertz CT molecular complexity index is 233. The van der Waals surface area contributed by atoms with Crippen LogP contribution in [0.15, 0.2) is 23.0 Å². The van der Waals surface area contributed by atoms with E-state index in [0.29, 0.717) is 0 Å². The lowest BCUT2D eigenvalue weighted by Gasteiger charge is -2.20. The van der Waals surface area contributed by atoms with E-state index in [1.165, 1.54) is 5.56 Å². The van der Waals surface area contributed by atoms with Gasteiger partial charge < -0.3 is 15.1 Å². The van der Waals surface area contributed by atoms with Crippen molar-refractivity contribution in [3.8, 4) is 0 Å². The molecule has 1 unspecified atom stereocenters. The van der Waals surface area contributed by atoms with E-state index >= 15 is 0 Å². The van der Waals surface area contributed by atoms with Gasteiger partial charge in [-0.1, -0.05) is 13.3 Å². The zero-order valence-electron chi connectivity index (χ0n) is 9.07. The molecule has 2 N–H and O–H groups in total. The Hall–Kier alpha value is -0.800. The van der Waals surface area contributed by atoms with Gasteiger partial charge in [0.25, 0.3) is 0 Å². The summed E-state index contributed by atoms with van der Waals surface area (Å²) in [5, 5.41) is 0. The molecular formula is C11H20N2O. The third kappa shape index (κ3) is 3.94. The Labute approximate surface area is 85.9 Å². The normalized spacial score (nSPS) is 13.4. The van der Waals surface area contributed by atoms with Gasteiger partial charge in [-0.25, -0.2) is 0 Å². The summed E-state index contributed by atoms with van der Waals surface area (Å²) in [5.41, 5.74) is 7.15. The van der Waals surface area contributed by atoms with E-state index < -0.39 is 0 Å². The molecule has 0 aliphatic heterocycles. The predicted molar refractivity (Wildman–Crippen MR) is 57.9 cm³/mol. The number of nitrogens with zero attached hydrogens (tertiary/aromatic N) is 1. The van der Waals surface area contributed by atoms with Crippen molar-refractivity contribution in [2.45, 2.75) is 32.4 Å². The summed E-state index contributed by atoms with van der Waals surface area (Å²) in [7, 11) is 2.09. The fourth-order valence-electron chi connectivity index (χ4n) is 1.62. The summed E-state index contributed by atoms with van der Waals surface area (Å²) < 4.78 is 5.01. The van der Waals surface area contributed by atoms with E-state index in [2.05, 4.69) is 18.9 Å². The minimum absolute atomic E-state index is 0.289. The molecule has 3 nitrogen and oxygen atoms in total. The zero-order valence-corrected chi connectivity index (χ0v) is 9.07. The van der Waals surface area contributed by atoms with Gasteiger partial charge in [0, 0.05) is 24.7 Å². The van der Waals surface area contributed by atoms with Crippen LogP contribution < -0.4 is 5.73 Å². The molecule has 1 aromatic heterocycles. The molecule has 3 heteroatoms. The first-order valence-electron chi connectivity index (χ1n) is 5.17. The summed E-state index contributed by atoms with van der Waals surface area (Å²) in [6.07, 6.45) is 5.73. The molecule has 0 radical (unpaired) electrons. The molecule has 0 aromatic carbocycles. The summed E-state index contributed by atoms with van der Waals surface area (Å²) in [6, 6.07) is 2.28. The molecule has 1 rings (SSSR count). The standard InChI is InChI=1S/C11H20N2O/c1-3-4-11(12)8-13(2)7-10-5-6-14-9-10/h5-6,9,11H,3-4,7-8,12H2,1-2H3. The molecular weight excluding hydrogens is 176 g/mol. The molecule has 1 atom stereocenters. The minimum atomic E-state index is 0.289. The maximum absolute atomic E-state index is 5.95. The fourth-order valence-corrected chi connectivity index (χ4v) is 1.62.